The highest BCUT2D eigenvalue weighted by Crippen LogP contribution is 2.30. The van der Waals surface area contributed by atoms with Crippen molar-refractivity contribution >= 4 is 5.91 Å². The van der Waals surface area contributed by atoms with E-state index in [4.69, 9.17) is 9.15 Å². The number of ether oxygens (including phenoxy) is 1. The average molecular weight is 491 g/mol. The molecule has 1 amide bonds. The molecule has 5 rings (SSSR count). The number of aryl methyl sites for hydroxylation is 1. The van der Waals surface area contributed by atoms with Gasteiger partial charge in [-0.3, -0.25) is 14.7 Å². The fraction of sp³-hybridized carbons (Fsp3) is 0.464. The molecule has 0 spiro atoms. The Balaban J connectivity index is 1.10. The van der Waals surface area contributed by atoms with Crippen LogP contribution in [-0.2, 0) is 26.0 Å². The lowest BCUT2D eigenvalue weighted by Gasteiger charge is -2.31. The molecule has 1 aromatic carbocycles. The van der Waals surface area contributed by atoms with Gasteiger partial charge in [0.25, 0.3) is 5.91 Å². The van der Waals surface area contributed by atoms with Gasteiger partial charge in [-0.1, -0.05) is 19.3 Å². The molecular weight excluding hydrogens is 456 g/mol. The number of oxazole rings is 1. The molecule has 1 aliphatic carbocycles. The van der Waals surface area contributed by atoms with Crippen LogP contribution >= 0.6 is 0 Å². The van der Waals surface area contributed by atoms with Crippen LogP contribution in [0.15, 0.2) is 47.5 Å². The molecule has 0 bridgehead atoms. The SMILES string of the molecule is Cc1cc(OCc2cnco2)cc2c1CN(C[C@@H](O)CNC(=O)c1ccnc(CC3CCC3)c1)CC2. The second-order valence-electron chi connectivity index (χ2n) is 10.0. The predicted molar refractivity (Wildman–Crippen MR) is 135 cm³/mol. The third kappa shape index (κ3) is 6.12. The maximum atomic E-state index is 12.6. The van der Waals surface area contributed by atoms with Gasteiger partial charge in [0.05, 0.1) is 12.3 Å². The molecule has 1 fully saturated rings. The molecule has 0 radical (unpaired) electrons. The summed E-state index contributed by atoms with van der Waals surface area (Å²) in [5, 5.41) is 13.5. The highest BCUT2D eigenvalue weighted by molar-refractivity contribution is 5.94. The van der Waals surface area contributed by atoms with Crippen LogP contribution in [0.5, 0.6) is 5.75 Å². The van der Waals surface area contributed by atoms with Gasteiger partial charge < -0.3 is 19.6 Å². The molecule has 3 heterocycles. The third-order valence-electron chi connectivity index (χ3n) is 7.25. The number of amides is 1. The number of rotatable bonds is 10. The zero-order chi connectivity index (χ0) is 24.9. The minimum absolute atomic E-state index is 0.163. The van der Waals surface area contributed by atoms with E-state index >= 15 is 0 Å². The number of hydrogen-bond donors (Lipinski definition) is 2. The van der Waals surface area contributed by atoms with Crippen molar-refractivity contribution in [3.05, 3.63) is 76.8 Å². The van der Waals surface area contributed by atoms with E-state index in [2.05, 4.69) is 33.2 Å². The van der Waals surface area contributed by atoms with Crippen molar-refractivity contribution in [2.24, 2.45) is 5.92 Å². The predicted octanol–water partition coefficient (Wildman–Crippen LogP) is 3.45. The van der Waals surface area contributed by atoms with Crippen LogP contribution in [0.4, 0.5) is 0 Å². The summed E-state index contributed by atoms with van der Waals surface area (Å²) in [6.07, 6.45) is 9.74. The van der Waals surface area contributed by atoms with E-state index in [0.717, 1.165) is 37.4 Å². The number of fused-ring (bicyclic) bond motifs is 1. The van der Waals surface area contributed by atoms with Crippen molar-refractivity contribution in [2.75, 3.05) is 19.6 Å². The average Bonchev–Trinajstić information content (AvgIpc) is 3.38. The summed E-state index contributed by atoms with van der Waals surface area (Å²) in [6.45, 7) is 4.78. The van der Waals surface area contributed by atoms with Crippen molar-refractivity contribution in [1.82, 2.24) is 20.2 Å². The number of carbonyl (C=O) groups excluding carboxylic acids is 1. The van der Waals surface area contributed by atoms with Crippen molar-refractivity contribution < 1.29 is 19.1 Å². The molecular formula is C28H34N4O4. The Kier molecular flexibility index (Phi) is 7.63. The first kappa shape index (κ1) is 24.5. The van der Waals surface area contributed by atoms with Gasteiger partial charge in [-0.25, -0.2) is 4.98 Å². The summed E-state index contributed by atoms with van der Waals surface area (Å²) >= 11 is 0. The number of aliphatic hydroxyl groups excluding tert-OH is 1. The van der Waals surface area contributed by atoms with Gasteiger partial charge in [0.15, 0.2) is 12.2 Å². The summed E-state index contributed by atoms with van der Waals surface area (Å²) in [7, 11) is 0. The standard InChI is InChI=1S/C28H34N4O4/c1-19-9-25(35-17-26-14-29-18-36-26)12-21-6-8-32(16-27(19)21)15-24(33)13-31-28(34)22-5-7-30-23(11-22)10-20-3-2-4-20/h5,7,9,11-12,14,18,20,24,33H,2-4,6,8,10,13,15-17H2,1H3,(H,31,34)/t24-/m0/s1. The number of nitrogens with one attached hydrogen (secondary N) is 1. The normalized spacial score (nSPS) is 16.7. The molecule has 2 aromatic heterocycles. The second kappa shape index (κ2) is 11.2. The molecule has 8 heteroatoms. The maximum absolute atomic E-state index is 12.6. The third-order valence-corrected chi connectivity index (χ3v) is 7.25. The monoisotopic (exact) mass is 490 g/mol. The first-order chi connectivity index (χ1) is 17.5. The number of benzene rings is 1. The van der Waals surface area contributed by atoms with E-state index < -0.39 is 6.10 Å². The van der Waals surface area contributed by atoms with Crippen molar-refractivity contribution in [1.29, 1.82) is 0 Å². The van der Waals surface area contributed by atoms with E-state index in [1.807, 2.05) is 12.1 Å². The molecule has 1 aliphatic heterocycles. The fourth-order valence-electron chi connectivity index (χ4n) is 4.99. The van der Waals surface area contributed by atoms with E-state index in [1.54, 1.807) is 18.5 Å². The Labute approximate surface area is 211 Å². The minimum Gasteiger partial charge on any atom is -0.486 e. The molecule has 1 atom stereocenters. The lowest BCUT2D eigenvalue weighted by atomic mass is 9.82. The van der Waals surface area contributed by atoms with Crippen LogP contribution < -0.4 is 10.1 Å². The highest BCUT2D eigenvalue weighted by atomic mass is 16.5. The first-order valence-corrected chi connectivity index (χ1v) is 12.8. The van der Waals surface area contributed by atoms with Gasteiger partial charge in [-0.15, -0.1) is 0 Å². The molecule has 1 saturated carbocycles. The van der Waals surface area contributed by atoms with Crippen molar-refractivity contribution in [2.45, 2.75) is 58.3 Å². The second-order valence-corrected chi connectivity index (χ2v) is 10.0. The summed E-state index contributed by atoms with van der Waals surface area (Å²) in [4.78, 5) is 23.2. The summed E-state index contributed by atoms with van der Waals surface area (Å²) in [5.74, 6) is 2.06. The number of aliphatic hydroxyl groups is 1. The number of aromatic nitrogens is 2. The largest absolute Gasteiger partial charge is 0.486 e. The Morgan fingerprint density at radius 1 is 1.33 bits per heavy atom. The van der Waals surface area contributed by atoms with Crippen molar-refractivity contribution in [3.63, 3.8) is 0 Å². The van der Waals surface area contributed by atoms with Crippen LogP contribution in [0.25, 0.3) is 0 Å². The molecule has 0 unspecified atom stereocenters. The van der Waals surface area contributed by atoms with E-state index in [0.29, 0.717) is 30.4 Å². The molecule has 3 aromatic rings. The van der Waals surface area contributed by atoms with Crippen LogP contribution in [0, 0.1) is 12.8 Å². The Morgan fingerprint density at radius 2 is 2.22 bits per heavy atom. The number of β-amino-alcohol motifs (C(OH)–C–C–N with tert-alkyl or cyclic N) is 1. The summed E-state index contributed by atoms with van der Waals surface area (Å²) in [5.41, 5.74) is 5.30. The van der Waals surface area contributed by atoms with Gasteiger partial charge in [0, 0.05) is 43.6 Å². The smallest absolute Gasteiger partial charge is 0.251 e. The van der Waals surface area contributed by atoms with Gasteiger partial charge in [0.2, 0.25) is 0 Å². The summed E-state index contributed by atoms with van der Waals surface area (Å²) in [6, 6.07) is 7.76. The van der Waals surface area contributed by atoms with Crippen LogP contribution in [-0.4, -0.2) is 51.6 Å². The number of carbonyl (C=O) groups is 1. The Hall–Kier alpha value is -3.23. The number of nitrogens with zero attached hydrogens (tertiary/aromatic N) is 3. The molecule has 190 valence electrons. The Morgan fingerprint density at radius 3 is 3.00 bits per heavy atom. The molecule has 0 saturated heterocycles. The number of pyridine rings is 1. The first-order valence-electron chi connectivity index (χ1n) is 12.8. The van der Waals surface area contributed by atoms with E-state index in [-0.39, 0.29) is 12.5 Å². The zero-order valence-corrected chi connectivity index (χ0v) is 20.8. The van der Waals surface area contributed by atoms with E-state index in [1.165, 1.54) is 42.3 Å². The van der Waals surface area contributed by atoms with E-state index in [9.17, 15) is 9.90 Å². The Bertz CT molecular complexity index is 1180. The number of hydrogen-bond acceptors (Lipinski definition) is 7. The maximum Gasteiger partial charge on any atom is 0.251 e. The van der Waals surface area contributed by atoms with Crippen LogP contribution in [0.1, 0.15) is 57.8 Å². The quantitative estimate of drug-likeness (QED) is 0.449. The van der Waals surface area contributed by atoms with Crippen molar-refractivity contribution in [3.8, 4) is 5.75 Å². The topological polar surface area (TPSA) is 101 Å². The minimum atomic E-state index is -0.642. The highest BCUT2D eigenvalue weighted by Gasteiger charge is 2.22. The molecule has 2 aliphatic rings. The lowest BCUT2D eigenvalue weighted by molar-refractivity contribution is 0.0841. The van der Waals surface area contributed by atoms with Gasteiger partial charge in [-0.2, -0.15) is 0 Å². The van der Waals surface area contributed by atoms with Gasteiger partial charge >= 0.3 is 0 Å². The van der Waals surface area contributed by atoms with Crippen LogP contribution in [0.3, 0.4) is 0 Å². The van der Waals surface area contributed by atoms with Crippen LogP contribution in [0.2, 0.25) is 0 Å². The molecule has 36 heavy (non-hydrogen) atoms. The summed E-state index contributed by atoms with van der Waals surface area (Å²) < 4.78 is 11.1. The fourth-order valence-corrected chi connectivity index (χ4v) is 4.99. The zero-order valence-electron chi connectivity index (χ0n) is 20.8. The molecule has 8 nitrogen and oxygen atoms in total. The molecule has 2 N–H and O–H groups in total. The lowest BCUT2D eigenvalue weighted by Crippen LogP contribution is -2.42. The van der Waals surface area contributed by atoms with Gasteiger partial charge in [-0.05, 0) is 66.6 Å². The van der Waals surface area contributed by atoms with Gasteiger partial charge in [0.1, 0.15) is 12.4 Å².